The van der Waals surface area contributed by atoms with Crippen molar-refractivity contribution < 1.29 is 13.2 Å². The van der Waals surface area contributed by atoms with E-state index in [2.05, 4.69) is 10.0 Å². The van der Waals surface area contributed by atoms with Crippen molar-refractivity contribution in [3.63, 3.8) is 0 Å². The van der Waals surface area contributed by atoms with Gasteiger partial charge in [0.1, 0.15) is 5.75 Å². The maximum absolute atomic E-state index is 12.1. The predicted molar refractivity (Wildman–Crippen MR) is 64.6 cm³/mol. The number of methoxy groups -OCH3 is 1. The molecule has 94 valence electrons. The zero-order chi connectivity index (χ0) is 12.3. The third-order valence-electron chi connectivity index (χ3n) is 2.73. The van der Waals surface area contributed by atoms with Crippen LogP contribution in [0.4, 0.5) is 0 Å². The van der Waals surface area contributed by atoms with E-state index in [9.17, 15) is 8.42 Å². The Bertz CT molecular complexity index is 481. The molecule has 1 saturated heterocycles. The molecule has 5 nitrogen and oxygen atoms in total. The summed E-state index contributed by atoms with van der Waals surface area (Å²) in [5.74, 6) is 0.539. The zero-order valence-electron chi connectivity index (χ0n) is 9.64. The third kappa shape index (κ3) is 2.96. The Balaban J connectivity index is 2.18. The summed E-state index contributed by atoms with van der Waals surface area (Å²) in [6, 6.07) is 6.44. The van der Waals surface area contributed by atoms with E-state index in [1.54, 1.807) is 18.2 Å². The van der Waals surface area contributed by atoms with Gasteiger partial charge in [-0.3, -0.25) is 0 Å². The number of rotatable bonds is 4. The lowest BCUT2D eigenvalue weighted by atomic mass is 10.3. The molecule has 0 radical (unpaired) electrons. The van der Waals surface area contributed by atoms with Gasteiger partial charge in [0, 0.05) is 18.7 Å². The zero-order valence-corrected chi connectivity index (χ0v) is 10.5. The average molecular weight is 256 g/mol. The number of hydrogen-bond acceptors (Lipinski definition) is 4. The van der Waals surface area contributed by atoms with Crippen LogP contribution in [-0.2, 0) is 10.0 Å². The highest BCUT2D eigenvalue weighted by Gasteiger charge is 2.22. The fraction of sp³-hybridized carbons (Fsp3) is 0.455. The van der Waals surface area contributed by atoms with E-state index in [1.807, 2.05) is 0 Å². The second-order valence-corrected chi connectivity index (χ2v) is 5.70. The molecular formula is C11H16N2O3S. The molecule has 2 rings (SSSR count). The molecule has 0 aliphatic carbocycles. The summed E-state index contributed by atoms with van der Waals surface area (Å²) in [7, 11) is -1.93. The molecule has 1 fully saturated rings. The molecule has 1 atom stereocenters. The summed E-state index contributed by atoms with van der Waals surface area (Å²) in [4.78, 5) is 0.240. The Hall–Kier alpha value is -1.11. The van der Waals surface area contributed by atoms with Crippen molar-refractivity contribution in [2.75, 3.05) is 20.2 Å². The van der Waals surface area contributed by atoms with Crippen molar-refractivity contribution >= 4 is 10.0 Å². The number of sulfonamides is 1. The summed E-state index contributed by atoms with van der Waals surface area (Å²) in [5, 5.41) is 3.12. The van der Waals surface area contributed by atoms with Gasteiger partial charge < -0.3 is 10.1 Å². The summed E-state index contributed by atoms with van der Waals surface area (Å²) in [6.07, 6.45) is 0.823. The molecule has 1 aliphatic heterocycles. The monoisotopic (exact) mass is 256 g/mol. The minimum absolute atomic E-state index is 0.0220. The normalized spacial score (nSPS) is 20.4. The molecule has 0 saturated carbocycles. The van der Waals surface area contributed by atoms with E-state index in [0.717, 1.165) is 13.0 Å². The number of hydrogen-bond donors (Lipinski definition) is 2. The number of benzene rings is 1. The van der Waals surface area contributed by atoms with Crippen LogP contribution >= 0.6 is 0 Å². The maximum Gasteiger partial charge on any atom is 0.240 e. The van der Waals surface area contributed by atoms with Crippen molar-refractivity contribution in [3.8, 4) is 5.75 Å². The molecule has 17 heavy (non-hydrogen) atoms. The summed E-state index contributed by atoms with van der Waals surface area (Å²) in [6.45, 7) is 1.54. The van der Waals surface area contributed by atoms with Crippen molar-refractivity contribution in [1.29, 1.82) is 0 Å². The van der Waals surface area contributed by atoms with E-state index in [-0.39, 0.29) is 10.9 Å². The Morgan fingerprint density at radius 3 is 2.94 bits per heavy atom. The number of ether oxygens (including phenoxy) is 1. The van der Waals surface area contributed by atoms with Crippen LogP contribution in [0.25, 0.3) is 0 Å². The molecule has 1 aromatic carbocycles. The van der Waals surface area contributed by atoms with Gasteiger partial charge in [-0.1, -0.05) is 6.07 Å². The van der Waals surface area contributed by atoms with Crippen molar-refractivity contribution in [1.82, 2.24) is 10.0 Å². The van der Waals surface area contributed by atoms with Crippen LogP contribution < -0.4 is 14.8 Å². The van der Waals surface area contributed by atoms with Gasteiger partial charge in [0.2, 0.25) is 10.0 Å². The SMILES string of the molecule is COc1cccc(S(=O)(=O)N[C@H]2CCNC2)c1. The van der Waals surface area contributed by atoms with Gasteiger partial charge in [-0.05, 0) is 25.1 Å². The molecule has 2 N–H and O–H groups in total. The topological polar surface area (TPSA) is 67.4 Å². The van der Waals surface area contributed by atoms with Crippen LogP contribution in [0.5, 0.6) is 5.75 Å². The molecule has 1 heterocycles. The van der Waals surface area contributed by atoms with Gasteiger partial charge in [-0.15, -0.1) is 0 Å². The number of nitrogens with one attached hydrogen (secondary N) is 2. The van der Waals surface area contributed by atoms with Crippen LogP contribution in [0, 0.1) is 0 Å². The van der Waals surface area contributed by atoms with Gasteiger partial charge in [0.25, 0.3) is 0 Å². The summed E-state index contributed by atoms with van der Waals surface area (Å²) in [5.41, 5.74) is 0. The molecule has 0 bridgehead atoms. The summed E-state index contributed by atoms with van der Waals surface area (Å²) < 4.78 is 31.8. The summed E-state index contributed by atoms with van der Waals surface area (Å²) >= 11 is 0. The Labute approximate surface area is 101 Å². The first-order valence-corrected chi connectivity index (χ1v) is 6.97. The average Bonchev–Trinajstić information content (AvgIpc) is 2.81. The van der Waals surface area contributed by atoms with Crippen LogP contribution in [0.15, 0.2) is 29.2 Å². The van der Waals surface area contributed by atoms with E-state index in [1.165, 1.54) is 13.2 Å². The molecule has 1 aliphatic rings. The molecule has 6 heteroatoms. The second kappa shape index (κ2) is 5.03. The first-order chi connectivity index (χ1) is 8.12. The second-order valence-electron chi connectivity index (χ2n) is 3.99. The first-order valence-electron chi connectivity index (χ1n) is 5.49. The maximum atomic E-state index is 12.1. The standard InChI is InChI=1S/C11H16N2O3S/c1-16-10-3-2-4-11(7-10)17(14,15)13-9-5-6-12-8-9/h2-4,7,9,12-13H,5-6,8H2,1H3/t9-/m0/s1. The van der Waals surface area contributed by atoms with Crippen LogP contribution in [0.2, 0.25) is 0 Å². The van der Waals surface area contributed by atoms with E-state index in [4.69, 9.17) is 4.74 Å². The quantitative estimate of drug-likeness (QED) is 0.815. The fourth-order valence-electron chi connectivity index (χ4n) is 1.81. The van der Waals surface area contributed by atoms with Gasteiger partial charge in [-0.25, -0.2) is 13.1 Å². The molecule has 0 aromatic heterocycles. The Kier molecular flexibility index (Phi) is 3.66. The third-order valence-corrected chi connectivity index (χ3v) is 4.25. The highest BCUT2D eigenvalue weighted by atomic mass is 32.2. The van der Waals surface area contributed by atoms with Gasteiger partial charge in [0.05, 0.1) is 12.0 Å². The van der Waals surface area contributed by atoms with Crippen molar-refractivity contribution in [2.45, 2.75) is 17.4 Å². The van der Waals surface area contributed by atoms with Gasteiger partial charge >= 0.3 is 0 Å². The van der Waals surface area contributed by atoms with Crippen LogP contribution in [0.3, 0.4) is 0 Å². The molecule has 0 unspecified atom stereocenters. The highest BCUT2D eigenvalue weighted by molar-refractivity contribution is 7.89. The van der Waals surface area contributed by atoms with E-state index < -0.39 is 10.0 Å². The van der Waals surface area contributed by atoms with E-state index >= 15 is 0 Å². The Morgan fingerprint density at radius 1 is 1.47 bits per heavy atom. The first kappa shape index (κ1) is 12.3. The molecular weight excluding hydrogens is 240 g/mol. The lowest BCUT2D eigenvalue weighted by Crippen LogP contribution is -2.36. The predicted octanol–water partition coefficient (Wildman–Crippen LogP) is 0.335. The fourth-order valence-corrected chi connectivity index (χ4v) is 3.12. The molecule has 1 aromatic rings. The lowest BCUT2D eigenvalue weighted by molar-refractivity contribution is 0.413. The minimum atomic E-state index is -3.45. The molecule has 0 spiro atoms. The molecule has 0 amide bonds. The smallest absolute Gasteiger partial charge is 0.240 e. The van der Waals surface area contributed by atoms with Crippen molar-refractivity contribution in [2.24, 2.45) is 0 Å². The minimum Gasteiger partial charge on any atom is -0.497 e. The largest absolute Gasteiger partial charge is 0.497 e. The highest BCUT2D eigenvalue weighted by Crippen LogP contribution is 2.17. The van der Waals surface area contributed by atoms with Crippen LogP contribution in [-0.4, -0.2) is 34.7 Å². The van der Waals surface area contributed by atoms with Gasteiger partial charge in [-0.2, -0.15) is 0 Å². The van der Waals surface area contributed by atoms with Crippen LogP contribution in [0.1, 0.15) is 6.42 Å². The van der Waals surface area contributed by atoms with Crippen molar-refractivity contribution in [3.05, 3.63) is 24.3 Å². The van der Waals surface area contributed by atoms with E-state index in [0.29, 0.717) is 12.3 Å². The Morgan fingerprint density at radius 2 is 2.29 bits per heavy atom. The lowest BCUT2D eigenvalue weighted by Gasteiger charge is -2.12. The van der Waals surface area contributed by atoms with Gasteiger partial charge in [0.15, 0.2) is 0 Å².